The van der Waals surface area contributed by atoms with Crippen LogP contribution in [-0.4, -0.2) is 23.2 Å². The molecule has 0 bridgehead atoms. The van der Waals surface area contributed by atoms with Crippen molar-refractivity contribution in [2.45, 2.75) is 25.0 Å². The van der Waals surface area contributed by atoms with Gasteiger partial charge in [0.2, 0.25) is 0 Å². The Labute approximate surface area is 116 Å². The predicted molar refractivity (Wildman–Crippen MR) is 71.3 cm³/mol. The van der Waals surface area contributed by atoms with E-state index in [9.17, 15) is 8.42 Å². The molecule has 0 spiro atoms. The molecule has 0 saturated heterocycles. The van der Waals surface area contributed by atoms with E-state index in [1.807, 2.05) is 19.1 Å². The summed E-state index contributed by atoms with van der Waals surface area (Å²) in [5.41, 5.74) is 0.965. The van der Waals surface area contributed by atoms with Crippen LogP contribution in [0.2, 0.25) is 5.02 Å². The molecule has 0 atom stereocenters. The Bertz CT molecular complexity index is 679. The Morgan fingerprint density at radius 3 is 2.42 bits per heavy atom. The predicted octanol–water partition coefficient (Wildman–Crippen LogP) is 1.19. The van der Waals surface area contributed by atoms with Gasteiger partial charge in [0, 0.05) is 18.0 Å². The standard InChI is InChI=1S/C11H13ClN4O2S/c1-2-16-10(14-15-11(16)19(13,17)18)7-8-3-5-9(12)6-4-8/h3-6H,2,7H2,1H3,(H2,13,17,18). The normalized spacial score (nSPS) is 11.7. The molecule has 6 nitrogen and oxygen atoms in total. The Balaban J connectivity index is 2.36. The van der Waals surface area contributed by atoms with Gasteiger partial charge in [0.1, 0.15) is 5.82 Å². The molecule has 0 aliphatic carbocycles. The fourth-order valence-corrected chi connectivity index (χ4v) is 2.59. The van der Waals surface area contributed by atoms with Crippen LogP contribution in [0.3, 0.4) is 0 Å². The summed E-state index contributed by atoms with van der Waals surface area (Å²) in [6.07, 6.45) is 0.466. The van der Waals surface area contributed by atoms with Gasteiger partial charge in [0.15, 0.2) is 0 Å². The van der Waals surface area contributed by atoms with E-state index in [0.29, 0.717) is 23.8 Å². The molecule has 0 fully saturated rings. The second kappa shape index (κ2) is 5.28. The summed E-state index contributed by atoms with van der Waals surface area (Å²) >= 11 is 5.81. The first kappa shape index (κ1) is 14.0. The lowest BCUT2D eigenvalue weighted by Crippen LogP contribution is -2.19. The van der Waals surface area contributed by atoms with E-state index in [2.05, 4.69) is 10.2 Å². The molecule has 0 aliphatic rings. The van der Waals surface area contributed by atoms with Gasteiger partial charge in [-0.2, -0.15) is 0 Å². The van der Waals surface area contributed by atoms with Crippen molar-refractivity contribution in [3.8, 4) is 0 Å². The number of benzene rings is 1. The number of primary sulfonamides is 1. The molecule has 1 aromatic carbocycles. The first-order chi connectivity index (χ1) is 8.91. The second-order valence-electron chi connectivity index (χ2n) is 3.99. The molecule has 1 aromatic heterocycles. The van der Waals surface area contributed by atoms with E-state index in [1.54, 1.807) is 12.1 Å². The molecule has 0 saturated carbocycles. The van der Waals surface area contributed by atoms with Crippen LogP contribution in [0.15, 0.2) is 29.4 Å². The van der Waals surface area contributed by atoms with E-state index in [-0.39, 0.29) is 5.16 Å². The zero-order valence-electron chi connectivity index (χ0n) is 10.2. The minimum absolute atomic E-state index is 0.209. The van der Waals surface area contributed by atoms with Gasteiger partial charge in [-0.25, -0.2) is 13.6 Å². The van der Waals surface area contributed by atoms with Gasteiger partial charge in [0.25, 0.3) is 15.2 Å². The number of hydrogen-bond acceptors (Lipinski definition) is 4. The summed E-state index contributed by atoms with van der Waals surface area (Å²) in [5.74, 6) is 0.550. The lowest BCUT2D eigenvalue weighted by molar-refractivity contribution is 0.565. The summed E-state index contributed by atoms with van der Waals surface area (Å²) in [6.45, 7) is 2.24. The highest BCUT2D eigenvalue weighted by atomic mass is 35.5. The Hall–Kier alpha value is -1.44. The molecule has 2 aromatic rings. The highest BCUT2D eigenvalue weighted by Crippen LogP contribution is 2.14. The van der Waals surface area contributed by atoms with Crippen molar-refractivity contribution in [3.63, 3.8) is 0 Å². The minimum Gasteiger partial charge on any atom is -0.301 e. The number of rotatable bonds is 4. The Kier molecular flexibility index (Phi) is 3.88. The fourth-order valence-electron chi connectivity index (χ4n) is 1.76. The van der Waals surface area contributed by atoms with Crippen LogP contribution in [0.5, 0.6) is 0 Å². The number of aromatic nitrogens is 3. The first-order valence-corrected chi connectivity index (χ1v) is 7.53. The van der Waals surface area contributed by atoms with Crippen molar-refractivity contribution in [2.24, 2.45) is 5.14 Å². The van der Waals surface area contributed by atoms with Crippen LogP contribution in [0.1, 0.15) is 18.3 Å². The highest BCUT2D eigenvalue weighted by molar-refractivity contribution is 7.89. The smallest absolute Gasteiger partial charge is 0.273 e. The SMILES string of the molecule is CCn1c(Cc2ccc(Cl)cc2)nnc1S(N)(=O)=O. The van der Waals surface area contributed by atoms with E-state index in [0.717, 1.165) is 5.56 Å². The van der Waals surface area contributed by atoms with Crippen molar-refractivity contribution in [2.75, 3.05) is 0 Å². The van der Waals surface area contributed by atoms with Crippen LogP contribution >= 0.6 is 11.6 Å². The zero-order chi connectivity index (χ0) is 14.0. The number of nitrogens with two attached hydrogens (primary N) is 1. The maximum absolute atomic E-state index is 11.4. The molecule has 102 valence electrons. The third kappa shape index (κ3) is 3.12. The Morgan fingerprint density at radius 1 is 1.26 bits per heavy atom. The average molecular weight is 301 g/mol. The van der Waals surface area contributed by atoms with Gasteiger partial charge in [-0.15, -0.1) is 10.2 Å². The first-order valence-electron chi connectivity index (χ1n) is 5.61. The number of nitrogens with zero attached hydrogens (tertiary/aromatic N) is 3. The summed E-state index contributed by atoms with van der Waals surface area (Å²) in [4.78, 5) is 0. The second-order valence-corrected chi connectivity index (χ2v) is 5.88. The summed E-state index contributed by atoms with van der Waals surface area (Å²) in [7, 11) is -3.86. The van der Waals surface area contributed by atoms with E-state index < -0.39 is 10.0 Å². The van der Waals surface area contributed by atoms with Gasteiger partial charge >= 0.3 is 0 Å². The third-order valence-electron chi connectivity index (χ3n) is 2.64. The van der Waals surface area contributed by atoms with Crippen LogP contribution in [0.25, 0.3) is 0 Å². The summed E-state index contributed by atoms with van der Waals surface area (Å²) in [5, 5.41) is 13.1. The van der Waals surface area contributed by atoms with Crippen molar-refractivity contribution >= 4 is 21.6 Å². The molecular formula is C11H13ClN4O2S. The molecule has 8 heteroatoms. The molecular weight excluding hydrogens is 288 g/mol. The molecule has 0 unspecified atom stereocenters. The van der Waals surface area contributed by atoms with Crippen molar-refractivity contribution in [3.05, 3.63) is 40.7 Å². The van der Waals surface area contributed by atoms with E-state index in [1.165, 1.54) is 4.57 Å². The molecule has 0 amide bonds. The van der Waals surface area contributed by atoms with Crippen molar-refractivity contribution < 1.29 is 8.42 Å². The van der Waals surface area contributed by atoms with E-state index in [4.69, 9.17) is 16.7 Å². The molecule has 1 heterocycles. The number of halogens is 1. The Morgan fingerprint density at radius 2 is 1.89 bits per heavy atom. The zero-order valence-corrected chi connectivity index (χ0v) is 11.8. The third-order valence-corrected chi connectivity index (χ3v) is 3.70. The maximum Gasteiger partial charge on any atom is 0.273 e. The van der Waals surface area contributed by atoms with Gasteiger partial charge in [0.05, 0.1) is 0 Å². The molecule has 0 aliphatic heterocycles. The average Bonchev–Trinajstić information content (AvgIpc) is 2.74. The quantitative estimate of drug-likeness (QED) is 0.918. The number of sulfonamides is 1. The van der Waals surface area contributed by atoms with Crippen molar-refractivity contribution in [1.82, 2.24) is 14.8 Å². The summed E-state index contributed by atoms with van der Waals surface area (Å²) in [6, 6.07) is 7.25. The highest BCUT2D eigenvalue weighted by Gasteiger charge is 2.20. The largest absolute Gasteiger partial charge is 0.301 e. The molecule has 2 rings (SSSR count). The minimum atomic E-state index is -3.86. The summed E-state index contributed by atoms with van der Waals surface area (Å²) < 4.78 is 24.2. The van der Waals surface area contributed by atoms with Crippen LogP contribution in [-0.2, 0) is 23.0 Å². The lowest BCUT2D eigenvalue weighted by atomic mass is 10.1. The van der Waals surface area contributed by atoms with E-state index >= 15 is 0 Å². The number of hydrogen-bond donors (Lipinski definition) is 1. The fraction of sp³-hybridized carbons (Fsp3) is 0.273. The maximum atomic E-state index is 11.4. The molecule has 2 N–H and O–H groups in total. The monoisotopic (exact) mass is 300 g/mol. The van der Waals surface area contributed by atoms with Crippen molar-refractivity contribution in [1.29, 1.82) is 0 Å². The molecule has 19 heavy (non-hydrogen) atoms. The van der Waals surface area contributed by atoms with Crippen LogP contribution in [0.4, 0.5) is 0 Å². The van der Waals surface area contributed by atoms with Gasteiger partial charge in [-0.3, -0.25) is 0 Å². The topological polar surface area (TPSA) is 90.9 Å². The van der Waals surface area contributed by atoms with Crippen LogP contribution in [0, 0.1) is 0 Å². The molecule has 0 radical (unpaired) electrons. The van der Waals surface area contributed by atoms with Crippen LogP contribution < -0.4 is 5.14 Å². The lowest BCUT2D eigenvalue weighted by Gasteiger charge is -2.06. The van der Waals surface area contributed by atoms with Gasteiger partial charge < -0.3 is 4.57 Å². The van der Waals surface area contributed by atoms with Gasteiger partial charge in [-0.1, -0.05) is 23.7 Å². The van der Waals surface area contributed by atoms with Gasteiger partial charge in [-0.05, 0) is 24.6 Å².